The van der Waals surface area contributed by atoms with Gasteiger partial charge in [0, 0.05) is 37.4 Å². The number of benzene rings is 1. The van der Waals surface area contributed by atoms with Gasteiger partial charge in [0.25, 0.3) is 0 Å². The molecule has 0 radical (unpaired) electrons. The number of aryl methyl sites for hydroxylation is 1. The third-order valence-electron chi connectivity index (χ3n) is 5.70. The highest BCUT2D eigenvalue weighted by atomic mass is 16.2. The number of imidazole rings is 1. The molecule has 2 aromatic rings. The smallest absolute Gasteiger partial charge is 0.318 e. The summed E-state index contributed by atoms with van der Waals surface area (Å²) in [4.78, 5) is 18.9. The molecule has 5 heteroatoms. The lowest BCUT2D eigenvalue weighted by atomic mass is 9.66. The molecule has 1 aromatic carbocycles. The van der Waals surface area contributed by atoms with Crippen molar-refractivity contribution < 1.29 is 4.79 Å². The van der Waals surface area contributed by atoms with Crippen molar-refractivity contribution in [2.45, 2.75) is 38.3 Å². The molecular weight excluding hydrogens is 300 g/mol. The molecule has 1 saturated heterocycles. The van der Waals surface area contributed by atoms with Gasteiger partial charge in [0.1, 0.15) is 5.82 Å². The zero-order valence-corrected chi connectivity index (χ0v) is 14.3. The summed E-state index contributed by atoms with van der Waals surface area (Å²) in [5.41, 5.74) is 1.41. The largest absolute Gasteiger partial charge is 0.333 e. The van der Waals surface area contributed by atoms with E-state index in [1.165, 1.54) is 5.56 Å². The molecule has 4 rings (SSSR count). The number of nitrogens with zero attached hydrogens (tertiary/aromatic N) is 3. The maximum absolute atomic E-state index is 12.6. The summed E-state index contributed by atoms with van der Waals surface area (Å²) in [5.74, 6) is 1.47. The molecular formula is C19H24N4O. The van der Waals surface area contributed by atoms with Crippen LogP contribution in [0.25, 0.3) is 0 Å². The van der Waals surface area contributed by atoms with E-state index in [9.17, 15) is 4.79 Å². The van der Waals surface area contributed by atoms with Crippen LogP contribution in [0.2, 0.25) is 0 Å². The number of nitrogens with one attached hydrogen (secondary N) is 1. The van der Waals surface area contributed by atoms with Crippen LogP contribution in [0, 0.1) is 5.92 Å². The first-order valence-electron chi connectivity index (χ1n) is 8.72. The number of hydrogen-bond donors (Lipinski definition) is 1. The molecule has 0 aliphatic carbocycles. The summed E-state index contributed by atoms with van der Waals surface area (Å²) in [7, 11) is 0. The predicted molar refractivity (Wildman–Crippen MR) is 92.6 cm³/mol. The number of carbonyl (C=O) groups is 1. The molecule has 3 heterocycles. The molecule has 1 fully saturated rings. The zero-order valence-electron chi connectivity index (χ0n) is 14.3. The number of fused-ring (bicyclic) bond motifs is 1. The van der Waals surface area contributed by atoms with Gasteiger partial charge in [0.15, 0.2) is 0 Å². The Labute approximate surface area is 142 Å². The van der Waals surface area contributed by atoms with E-state index < -0.39 is 0 Å². The highest BCUT2D eigenvalue weighted by Crippen LogP contribution is 2.41. The lowest BCUT2D eigenvalue weighted by Crippen LogP contribution is -2.65. The van der Waals surface area contributed by atoms with Crippen LogP contribution in [0.1, 0.15) is 37.7 Å². The normalized spacial score (nSPS) is 21.5. The van der Waals surface area contributed by atoms with Gasteiger partial charge in [-0.3, -0.25) is 0 Å². The molecule has 2 aliphatic heterocycles. The van der Waals surface area contributed by atoms with E-state index >= 15 is 0 Å². The quantitative estimate of drug-likeness (QED) is 0.944. The van der Waals surface area contributed by atoms with Gasteiger partial charge < -0.3 is 14.8 Å². The molecule has 0 saturated carbocycles. The second kappa shape index (κ2) is 5.65. The van der Waals surface area contributed by atoms with Crippen molar-refractivity contribution >= 4 is 6.03 Å². The Morgan fingerprint density at radius 3 is 2.75 bits per heavy atom. The number of likely N-dealkylation sites (tertiary alicyclic amines) is 1. The number of urea groups is 1. The first-order chi connectivity index (χ1) is 11.6. The SMILES string of the molecule is CC(C)C1(c2ccccc2)CN(C(=O)NC2CCn3ccnc32)C1. The van der Waals surface area contributed by atoms with Crippen molar-refractivity contribution in [3.63, 3.8) is 0 Å². The molecule has 1 unspecified atom stereocenters. The Balaban J connectivity index is 1.44. The molecule has 5 nitrogen and oxygen atoms in total. The van der Waals surface area contributed by atoms with E-state index in [-0.39, 0.29) is 17.5 Å². The Hall–Kier alpha value is -2.30. The van der Waals surface area contributed by atoms with Gasteiger partial charge >= 0.3 is 6.03 Å². The Morgan fingerprint density at radius 1 is 1.29 bits per heavy atom. The van der Waals surface area contributed by atoms with Crippen molar-refractivity contribution in [3.05, 3.63) is 54.1 Å². The third kappa shape index (κ3) is 2.30. The van der Waals surface area contributed by atoms with Crippen LogP contribution in [0.4, 0.5) is 4.79 Å². The highest BCUT2D eigenvalue weighted by Gasteiger charge is 2.48. The number of aromatic nitrogens is 2. The first-order valence-corrected chi connectivity index (χ1v) is 8.72. The molecule has 0 spiro atoms. The molecule has 2 amide bonds. The Morgan fingerprint density at radius 2 is 2.04 bits per heavy atom. The van der Waals surface area contributed by atoms with Crippen LogP contribution in [0.15, 0.2) is 42.7 Å². The van der Waals surface area contributed by atoms with Gasteiger partial charge in [-0.15, -0.1) is 0 Å². The second-order valence-corrected chi connectivity index (χ2v) is 7.30. The minimum atomic E-state index is 0.0312. The van der Waals surface area contributed by atoms with E-state index in [0.29, 0.717) is 5.92 Å². The van der Waals surface area contributed by atoms with Crippen LogP contribution >= 0.6 is 0 Å². The van der Waals surface area contributed by atoms with Gasteiger partial charge in [-0.2, -0.15) is 0 Å². The summed E-state index contributed by atoms with van der Waals surface area (Å²) in [5, 5.41) is 3.15. The summed E-state index contributed by atoms with van der Waals surface area (Å²) in [6, 6.07) is 10.7. The number of rotatable bonds is 3. The monoisotopic (exact) mass is 324 g/mol. The highest BCUT2D eigenvalue weighted by molar-refractivity contribution is 5.76. The van der Waals surface area contributed by atoms with Gasteiger partial charge in [-0.25, -0.2) is 9.78 Å². The molecule has 1 aromatic heterocycles. The van der Waals surface area contributed by atoms with Gasteiger partial charge in [-0.1, -0.05) is 44.2 Å². The van der Waals surface area contributed by atoms with Crippen molar-refractivity contribution in [3.8, 4) is 0 Å². The first kappa shape index (κ1) is 15.2. The molecule has 126 valence electrons. The van der Waals surface area contributed by atoms with Crippen LogP contribution in [0.5, 0.6) is 0 Å². The number of hydrogen-bond acceptors (Lipinski definition) is 2. The van der Waals surface area contributed by atoms with Gasteiger partial charge in [0.2, 0.25) is 0 Å². The van der Waals surface area contributed by atoms with Crippen LogP contribution in [-0.4, -0.2) is 33.6 Å². The maximum atomic E-state index is 12.6. The van der Waals surface area contributed by atoms with Crippen LogP contribution < -0.4 is 5.32 Å². The van der Waals surface area contributed by atoms with Crippen molar-refractivity contribution in [2.24, 2.45) is 5.92 Å². The van der Waals surface area contributed by atoms with Crippen molar-refractivity contribution in [1.29, 1.82) is 0 Å². The van der Waals surface area contributed by atoms with Crippen molar-refractivity contribution in [1.82, 2.24) is 19.8 Å². The van der Waals surface area contributed by atoms with E-state index in [2.05, 4.69) is 53.0 Å². The van der Waals surface area contributed by atoms with Crippen LogP contribution in [0.3, 0.4) is 0 Å². The summed E-state index contributed by atoms with van der Waals surface area (Å²) < 4.78 is 2.11. The minimum absolute atomic E-state index is 0.0312. The number of amides is 2. The average Bonchev–Trinajstić information content (AvgIpc) is 3.12. The Bertz CT molecular complexity index is 731. The van der Waals surface area contributed by atoms with Gasteiger partial charge in [0.05, 0.1) is 6.04 Å². The fourth-order valence-corrected chi connectivity index (χ4v) is 4.02. The van der Waals surface area contributed by atoms with E-state index in [1.807, 2.05) is 17.2 Å². The second-order valence-electron chi connectivity index (χ2n) is 7.30. The van der Waals surface area contributed by atoms with Crippen molar-refractivity contribution in [2.75, 3.05) is 13.1 Å². The molecule has 0 bridgehead atoms. The average molecular weight is 324 g/mol. The molecule has 2 aliphatic rings. The molecule has 1 N–H and O–H groups in total. The minimum Gasteiger partial charge on any atom is -0.333 e. The summed E-state index contributed by atoms with van der Waals surface area (Å²) in [6.07, 6.45) is 4.71. The Kier molecular flexibility index (Phi) is 3.59. The summed E-state index contributed by atoms with van der Waals surface area (Å²) >= 11 is 0. The lowest BCUT2D eigenvalue weighted by Gasteiger charge is -2.53. The van der Waals surface area contributed by atoms with E-state index in [1.54, 1.807) is 6.20 Å². The maximum Gasteiger partial charge on any atom is 0.318 e. The fourth-order valence-electron chi connectivity index (χ4n) is 4.02. The summed E-state index contributed by atoms with van der Waals surface area (Å²) in [6.45, 7) is 6.98. The predicted octanol–water partition coefficient (Wildman–Crippen LogP) is 2.95. The fraction of sp³-hybridized carbons (Fsp3) is 0.474. The topological polar surface area (TPSA) is 50.2 Å². The standard InChI is InChI=1S/C19H24N4O/c1-14(2)19(15-6-4-3-5-7-15)12-23(13-19)18(24)21-16-8-10-22-11-9-20-17(16)22/h3-7,9,11,14,16H,8,10,12-13H2,1-2H3,(H,21,24). The van der Waals surface area contributed by atoms with Gasteiger partial charge in [-0.05, 0) is 17.9 Å². The molecule has 1 atom stereocenters. The van der Waals surface area contributed by atoms with Crippen LogP contribution in [-0.2, 0) is 12.0 Å². The van der Waals surface area contributed by atoms with E-state index in [4.69, 9.17) is 0 Å². The number of carbonyl (C=O) groups excluding carboxylic acids is 1. The third-order valence-corrected chi connectivity index (χ3v) is 5.70. The zero-order chi connectivity index (χ0) is 16.7. The molecule has 24 heavy (non-hydrogen) atoms. The van der Waals surface area contributed by atoms with E-state index in [0.717, 1.165) is 31.9 Å². The lowest BCUT2D eigenvalue weighted by molar-refractivity contribution is 0.0577.